The summed E-state index contributed by atoms with van der Waals surface area (Å²) in [6, 6.07) is 0. The first-order valence-corrected chi connectivity index (χ1v) is 8.79. The second-order valence-electron chi connectivity index (χ2n) is 6.81. The number of hydrogen-bond acceptors (Lipinski definition) is 4. The number of amides is 1. The van der Waals surface area contributed by atoms with E-state index in [0.29, 0.717) is 0 Å². The average Bonchev–Trinajstić information content (AvgIpc) is 3.22. The summed E-state index contributed by atoms with van der Waals surface area (Å²) in [6.45, 7) is -0.979. The standard InChI is InChI=1S/C14H12F15N5O.Na/c15-8(16,7(35)30-5-3-1-2-4-6-31-33-34-32-6)9(17,18)10(19,20)11(21,22)12(23,24)13(25,26)14(27,28)29;/h1-5H2,(H2,30,31,32,33,34,35);/q;+1/p-1. The number of halogens is 15. The van der Waals surface area contributed by atoms with Crippen LogP contribution in [-0.2, 0) is 11.2 Å². The molecule has 0 aromatic carbocycles. The fourth-order valence-corrected chi connectivity index (χ4v) is 2.27. The number of aryl methyl sites for hydroxylation is 1. The number of carbonyl (C=O) groups excluding carboxylic acids is 1. The summed E-state index contributed by atoms with van der Waals surface area (Å²) in [7, 11) is 0. The molecule has 1 aromatic heterocycles. The van der Waals surface area contributed by atoms with E-state index in [9.17, 15) is 70.7 Å². The largest absolute Gasteiger partial charge is 1.00 e. The van der Waals surface area contributed by atoms with E-state index in [0.717, 1.165) is 5.32 Å². The Morgan fingerprint density at radius 3 is 1.61 bits per heavy atom. The van der Waals surface area contributed by atoms with E-state index in [1.807, 2.05) is 0 Å². The van der Waals surface area contributed by atoms with Gasteiger partial charge >= 0.3 is 71.3 Å². The summed E-state index contributed by atoms with van der Waals surface area (Å²) in [5, 5.41) is 13.9. The summed E-state index contributed by atoms with van der Waals surface area (Å²) in [6.07, 6.45) is -7.70. The zero-order valence-corrected chi connectivity index (χ0v) is 19.4. The van der Waals surface area contributed by atoms with Crippen LogP contribution in [0.3, 0.4) is 0 Å². The quantitative estimate of drug-likeness (QED) is 0.230. The van der Waals surface area contributed by atoms with Crippen LogP contribution in [0.25, 0.3) is 0 Å². The van der Waals surface area contributed by atoms with Crippen LogP contribution in [0, 0.1) is 0 Å². The van der Waals surface area contributed by atoms with E-state index in [1.54, 1.807) is 0 Å². The van der Waals surface area contributed by atoms with Crippen molar-refractivity contribution < 1.29 is 100 Å². The molecule has 0 saturated heterocycles. The van der Waals surface area contributed by atoms with E-state index in [4.69, 9.17) is 0 Å². The summed E-state index contributed by atoms with van der Waals surface area (Å²) in [4.78, 5) is 11.2. The van der Waals surface area contributed by atoms with Gasteiger partial charge < -0.3 is 10.4 Å². The molecule has 0 spiro atoms. The molecule has 1 amide bonds. The average molecular weight is 573 g/mol. The fraction of sp³-hybridized carbons (Fsp3) is 0.857. The van der Waals surface area contributed by atoms with Gasteiger partial charge in [0.2, 0.25) is 0 Å². The Bertz CT molecular complexity index is 859. The normalized spacial score (nSPS) is 14.4. The van der Waals surface area contributed by atoms with E-state index < -0.39 is 54.2 Å². The Morgan fingerprint density at radius 2 is 1.17 bits per heavy atom. The van der Waals surface area contributed by atoms with E-state index in [1.165, 1.54) is 0 Å². The van der Waals surface area contributed by atoms with Crippen LogP contribution in [0.2, 0.25) is 0 Å². The molecule has 22 heteroatoms. The molecule has 0 aliphatic heterocycles. The van der Waals surface area contributed by atoms with E-state index >= 15 is 0 Å². The maximum Gasteiger partial charge on any atom is 1.00 e. The van der Waals surface area contributed by atoms with Gasteiger partial charge in [-0.3, -0.25) is 20.3 Å². The molecule has 0 bridgehead atoms. The minimum Gasteiger partial charge on any atom is -0.351 e. The second kappa shape index (κ2) is 11.1. The first-order valence-electron chi connectivity index (χ1n) is 8.79. The molecular formula is C14H11F15N5NaO. The van der Waals surface area contributed by atoms with Crippen molar-refractivity contribution in [3.63, 3.8) is 0 Å². The van der Waals surface area contributed by atoms with Crippen molar-refractivity contribution in [1.29, 1.82) is 0 Å². The first-order chi connectivity index (χ1) is 15.5. The number of nitrogens with zero attached hydrogens (tertiary/aromatic N) is 4. The van der Waals surface area contributed by atoms with Crippen molar-refractivity contribution in [3.05, 3.63) is 5.82 Å². The number of hydrogen-bond donors (Lipinski definition) is 1. The Morgan fingerprint density at radius 1 is 0.694 bits per heavy atom. The van der Waals surface area contributed by atoms with Gasteiger partial charge in [0.1, 0.15) is 0 Å². The number of carbonyl (C=O) groups is 1. The summed E-state index contributed by atoms with van der Waals surface area (Å²) < 4.78 is 196. The van der Waals surface area contributed by atoms with Crippen LogP contribution >= 0.6 is 0 Å². The monoisotopic (exact) mass is 573 g/mol. The molecule has 204 valence electrons. The van der Waals surface area contributed by atoms with Crippen LogP contribution in [-0.4, -0.2) is 69.6 Å². The van der Waals surface area contributed by atoms with Crippen LogP contribution < -0.4 is 40.1 Å². The van der Waals surface area contributed by atoms with E-state index in [2.05, 4.69) is 20.6 Å². The van der Waals surface area contributed by atoms with Crippen LogP contribution in [0.4, 0.5) is 65.9 Å². The van der Waals surface area contributed by atoms with Crippen LogP contribution in [0.15, 0.2) is 0 Å². The van der Waals surface area contributed by atoms with Gasteiger partial charge in [-0.2, -0.15) is 65.9 Å². The van der Waals surface area contributed by atoms with Gasteiger partial charge in [-0.15, -0.1) is 0 Å². The maximum atomic E-state index is 13.6. The van der Waals surface area contributed by atoms with E-state index in [-0.39, 0.29) is 61.1 Å². The molecule has 0 aliphatic carbocycles. The molecule has 0 radical (unpaired) electrons. The van der Waals surface area contributed by atoms with Crippen molar-refractivity contribution in [2.45, 2.75) is 67.4 Å². The summed E-state index contributed by atoms with van der Waals surface area (Å²) in [5.74, 6) is -51.3. The van der Waals surface area contributed by atoms with Crippen LogP contribution in [0.1, 0.15) is 25.1 Å². The number of tetrazole rings is 1. The van der Waals surface area contributed by atoms with Gasteiger partial charge in [-0.25, -0.2) is 0 Å². The third kappa shape index (κ3) is 5.81. The minimum atomic E-state index is -8.43. The molecule has 6 nitrogen and oxygen atoms in total. The molecule has 1 aromatic rings. The molecule has 0 atom stereocenters. The number of nitrogens with one attached hydrogen (secondary N) is 1. The second-order valence-corrected chi connectivity index (χ2v) is 6.81. The van der Waals surface area contributed by atoms with Gasteiger partial charge in [0.25, 0.3) is 5.91 Å². The molecule has 0 unspecified atom stereocenters. The Balaban J connectivity index is 0.0000122. The van der Waals surface area contributed by atoms with Gasteiger partial charge in [-0.1, -0.05) is 6.42 Å². The zero-order chi connectivity index (χ0) is 27.7. The predicted molar refractivity (Wildman–Crippen MR) is 79.4 cm³/mol. The Hall–Kier alpha value is -1.51. The zero-order valence-electron chi connectivity index (χ0n) is 17.4. The van der Waals surface area contributed by atoms with Crippen molar-refractivity contribution >= 4 is 5.91 Å². The molecule has 1 N–H and O–H groups in total. The molecule has 0 fully saturated rings. The fourth-order valence-electron chi connectivity index (χ4n) is 2.27. The van der Waals surface area contributed by atoms with Gasteiger partial charge in [-0.05, 0) is 19.3 Å². The third-order valence-corrected chi connectivity index (χ3v) is 4.34. The molecule has 1 rings (SSSR count). The SMILES string of the molecule is O=C(NCCCCCc1nn[n-]n1)C(F)(F)C(F)(F)C(F)(F)C(F)(F)C(F)(F)C(F)(F)C(F)(F)F.[Na+]. The third-order valence-electron chi connectivity index (χ3n) is 4.34. The van der Waals surface area contributed by atoms with Gasteiger partial charge in [0.05, 0.1) is 0 Å². The maximum absolute atomic E-state index is 13.6. The smallest absolute Gasteiger partial charge is 0.351 e. The molecular weight excluding hydrogens is 562 g/mol. The molecule has 0 saturated carbocycles. The number of aromatic nitrogens is 4. The topological polar surface area (TPSA) is 81.9 Å². The first kappa shape index (κ1) is 34.5. The van der Waals surface area contributed by atoms with Gasteiger partial charge in [0.15, 0.2) is 0 Å². The van der Waals surface area contributed by atoms with Crippen molar-refractivity contribution in [1.82, 2.24) is 25.9 Å². The Labute approximate surface area is 212 Å². The van der Waals surface area contributed by atoms with Crippen LogP contribution in [0.5, 0.6) is 0 Å². The molecule has 1 heterocycles. The number of unbranched alkanes of at least 4 members (excludes halogenated alkanes) is 2. The summed E-state index contributed by atoms with van der Waals surface area (Å²) >= 11 is 0. The minimum absolute atomic E-state index is 0. The Kier molecular flexibility index (Phi) is 10.6. The number of alkyl halides is 15. The molecule has 36 heavy (non-hydrogen) atoms. The number of rotatable bonds is 12. The van der Waals surface area contributed by atoms with Gasteiger partial charge in [0, 0.05) is 12.4 Å². The van der Waals surface area contributed by atoms with Crippen molar-refractivity contribution in [2.75, 3.05) is 6.54 Å². The van der Waals surface area contributed by atoms with Crippen molar-refractivity contribution in [2.24, 2.45) is 0 Å². The van der Waals surface area contributed by atoms with Crippen molar-refractivity contribution in [3.8, 4) is 0 Å². The summed E-state index contributed by atoms with van der Waals surface area (Å²) in [5.41, 5.74) is 0. The molecule has 0 aliphatic rings. The predicted octanol–water partition coefficient (Wildman–Crippen LogP) is 1.04.